The van der Waals surface area contributed by atoms with Crippen LogP contribution in [0, 0.1) is 3.57 Å². The summed E-state index contributed by atoms with van der Waals surface area (Å²) in [5, 5.41) is 0.710. The van der Waals surface area contributed by atoms with Crippen LogP contribution in [0.5, 0.6) is 0 Å². The Hall–Kier alpha value is -1.05. The molecule has 0 saturated heterocycles. The van der Waals surface area contributed by atoms with Gasteiger partial charge < -0.3 is 0 Å². The molecule has 0 atom stereocenters. The number of rotatable bonds is 2. The van der Waals surface area contributed by atoms with Gasteiger partial charge in [-0.05, 0) is 0 Å². The quantitative estimate of drug-likeness (QED) is 0.464. The minimum atomic E-state index is -0.126. The minimum absolute atomic E-state index is 0.124. The predicted octanol–water partition coefficient (Wildman–Crippen LogP) is -2.78. The first kappa shape index (κ1) is 10.5. The molecule has 0 radical (unpaired) electrons. The van der Waals surface area contributed by atoms with E-state index in [1.54, 1.807) is 0 Å². The van der Waals surface area contributed by atoms with Gasteiger partial charge in [-0.15, -0.1) is 0 Å². The Morgan fingerprint density at radius 2 is 2.40 bits per heavy atom. The Balaban J connectivity index is 2.91. The third-order valence-corrected chi connectivity index (χ3v) is 4.22. The number of halogens is 1. The fraction of sp³-hybridized carbons (Fsp3) is 0.333. The van der Waals surface area contributed by atoms with Crippen LogP contribution >= 0.6 is 0 Å². The van der Waals surface area contributed by atoms with Crippen LogP contribution in [0.25, 0.3) is 11.0 Å². The number of hydrogen-bond donors (Lipinski definition) is 2. The van der Waals surface area contributed by atoms with Gasteiger partial charge in [0.15, 0.2) is 0 Å². The molecule has 0 bridgehead atoms. The van der Waals surface area contributed by atoms with E-state index in [1.807, 2.05) is 17.7 Å². The van der Waals surface area contributed by atoms with Crippen molar-refractivity contribution in [1.29, 1.82) is 0 Å². The molecule has 0 aromatic carbocycles. The average molecular weight is 319 g/mol. The van der Waals surface area contributed by atoms with Gasteiger partial charge >= 0.3 is 97.0 Å². The fourth-order valence-corrected chi connectivity index (χ4v) is 3.19. The van der Waals surface area contributed by atoms with E-state index in [4.69, 9.17) is 5.73 Å². The number of aromatic amines is 1. The van der Waals surface area contributed by atoms with Gasteiger partial charge in [0.1, 0.15) is 0 Å². The molecule has 2 rings (SSSR count). The molecule has 0 saturated carbocycles. The molecule has 82 valence electrons. The standard InChI is InChI=1S/C9H12IN4O/c1-3-14-4-5(10-2)6-7(14)12-9(11)13-8(6)15/h4H,3H2,1-2H3,(H3,11,12,13,15)/q-1. The van der Waals surface area contributed by atoms with E-state index in [0.717, 1.165) is 10.1 Å². The molecule has 2 aromatic rings. The Morgan fingerprint density at radius 3 is 3.00 bits per heavy atom. The maximum atomic E-state index is 11.7. The van der Waals surface area contributed by atoms with E-state index >= 15 is 0 Å². The van der Waals surface area contributed by atoms with E-state index < -0.39 is 0 Å². The van der Waals surface area contributed by atoms with Gasteiger partial charge in [0.05, 0.1) is 0 Å². The van der Waals surface area contributed by atoms with Gasteiger partial charge in [-0.2, -0.15) is 0 Å². The van der Waals surface area contributed by atoms with Gasteiger partial charge in [0, 0.05) is 0 Å². The Bertz CT molecular complexity index is 557. The topological polar surface area (TPSA) is 76.7 Å². The van der Waals surface area contributed by atoms with Crippen molar-refractivity contribution in [3.8, 4) is 0 Å². The van der Waals surface area contributed by atoms with Crippen molar-refractivity contribution in [2.75, 3.05) is 10.7 Å². The van der Waals surface area contributed by atoms with Crippen LogP contribution in [0.2, 0.25) is 0 Å². The van der Waals surface area contributed by atoms with Gasteiger partial charge in [0.25, 0.3) is 0 Å². The normalized spacial score (nSPS) is 11.3. The average Bonchev–Trinajstić information content (AvgIpc) is 2.55. The third-order valence-electron chi connectivity index (χ3n) is 2.24. The maximum absolute atomic E-state index is 11.7. The number of nitrogens with two attached hydrogens (primary N) is 1. The molecule has 0 aliphatic rings. The zero-order valence-electron chi connectivity index (χ0n) is 8.54. The van der Waals surface area contributed by atoms with Gasteiger partial charge in [-0.25, -0.2) is 0 Å². The molecular weight excluding hydrogens is 307 g/mol. The van der Waals surface area contributed by atoms with Crippen molar-refractivity contribution in [3.63, 3.8) is 0 Å². The van der Waals surface area contributed by atoms with Gasteiger partial charge in [-0.1, -0.05) is 0 Å². The zero-order chi connectivity index (χ0) is 11.0. The summed E-state index contributed by atoms with van der Waals surface area (Å²) in [5.41, 5.74) is 6.11. The van der Waals surface area contributed by atoms with Gasteiger partial charge in [-0.3, -0.25) is 0 Å². The van der Waals surface area contributed by atoms with Crippen LogP contribution in [-0.4, -0.2) is 19.5 Å². The second-order valence-electron chi connectivity index (χ2n) is 3.10. The van der Waals surface area contributed by atoms with Crippen molar-refractivity contribution in [3.05, 3.63) is 20.1 Å². The number of anilines is 1. The number of nitrogens with one attached hydrogen (secondary N) is 1. The molecular formula is C9H12IN4O-. The van der Waals surface area contributed by atoms with E-state index in [2.05, 4.69) is 14.9 Å². The summed E-state index contributed by atoms with van der Waals surface area (Å²) in [6.45, 7) is 2.83. The molecule has 15 heavy (non-hydrogen) atoms. The monoisotopic (exact) mass is 319 g/mol. The first-order valence-electron chi connectivity index (χ1n) is 4.55. The Morgan fingerprint density at radius 1 is 1.67 bits per heavy atom. The van der Waals surface area contributed by atoms with Crippen molar-refractivity contribution >= 4 is 17.0 Å². The predicted molar refractivity (Wildman–Crippen MR) is 55.1 cm³/mol. The van der Waals surface area contributed by atoms with E-state index in [9.17, 15) is 4.79 Å². The van der Waals surface area contributed by atoms with Crippen molar-refractivity contribution in [1.82, 2.24) is 14.5 Å². The number of hydrogen-bond acceptors (Lipinski definition) is 3. The molecule has 2 heterocycles. The van der Waals surface area contributed by atoms with Crippen LogP contribution in [0.1, 0.15) is 6.92 Å². The summed E-state index contributed by atoms with van der Waals surface area (Å²) in [6.07, 6.45) is 2.01. The zero-order valence-corrected chi connectivity index (χ0v) is 10.7. The molecule has 0 amide bonds. The van der Waals surface area contributed by atoms with Crippen LogP contribution in [-0.2, 0) is 6.54 Å². The van der Waals surface area contributed by atoms with Crippen molar-refractivity contribution in [2.24, 2.45) is 0 Å². The number of H-pyrrole nitrogens is 1. The molecule has 0 aliphatic carbocycles. The molecule has 3 N–H and O–H groups in total. The number of alkyl halides is 1. The third kappa shape index (κ3) is 1.62. The summed E-state index contributed by atoms with van der Waals surface area (Å²) >= 11 is -0.126. The number of aryl methyl sites for hydroxylation is 1. The van der Waals surface area contributed by atoms with E-state index in [-0.39, 0.29) is 32.7 Å². The first-order valence-corrected chi connectivity index (χ1v) is 7.79. The number of fused-ring (bicyclic) bond motifs is 1. The number of aromatic nitrogens is 3. The molecule has 6 heteroatoms. The molecule has 2 aromatic heterocycles. The summed E-state index contributed by atoms with van der Waals surface area (Å²) < 4.78 is 3.10. The number of nitrogens with zero attached hydrogens (tertiary/aromatic N) is 2. The fourth-order valence-electron chi connectivity index (χ4n) is 1.55. The van der Waals surface area contributed by atoms with Crippen LogP contribution < -0.4 is 32.5 Å². The Labute approximate surface area is 97.0 Å². The first-order chi connectivity index (χ1) is 7.17. The molecule has 0 unspecified atom stereocenters. The second-order valence-corrected chi connectivity index (χ2v) is 5.34. The molecule has 5 nitrogen and oxygen atoms in total. The van der Waals surface area contributed by atoms with Crippen LogP contribution in [0.4, 0.5) is 5.95 Å². The summed E-state index contributed by atoms with van der Waals surface area (Å²) in [7, 11) is 0. The number of nitrogen functional groups attached to an aromatic ring is 1. The van der Waals surface area contributed by atoms with Crippen molar-refractivity contribution < 1.29 is 21.2 Å². The Kier molecular flexibility index (Phi) is 2.68. The van der Waals surface area contributed by atoms with E-state index in [1.165, 1.54) is 0 Å². The van der Waals surface area contributed by atoms with Crippen LogP contribution in [0.3, 0.4) is 0 Å². The second kappa shape index (κ2) is 3.84. The molecule has 0 aliphatic heterocycles. The SMILES string of the molecule is CCn1cc([I-]C)c2c(=O)[nH]c(N)nc21. The molecule has 0 fully saturated rings. The summed E-state index contributed by atoms with van der Waals surface area (Å²) in [4.78, 5) is 20.6. The van der Waals surface area contributed by atoms with Crippen molar-refractivity contribution in [2.45, 2.75) is 13.5 Å². The van der Waals surface area contributed by atoms with Crippen LogP contribution in [0.15, 0.2) is 11.0 Å². The van der Waals surface area contributed by atoms with E-state index in [0.29, 0.717) is 11.0 Å². The van der Waals surface area contributed by atoms with Gasteiger partial charge in [0.2, 0.25) is 0 Å². The summed E-state index contributed by atoms with van der Waals surface area (Å²) in [5.74, 6) is 0.182. The summed E-state index contributed by atoms with van der Waals surface area (Å²) in [6, 6.07) is 0. The molecule has 0 spiro atoms.